The Balaban J connectivity index is 1.95. The van der Waals surface area contributed by atoms with Crippen LogP contribution >= 0.6 is 0 Å². The number of aryl methyl sites for hydroxylation is 1. The molecule has 108 valence electrons. The molecule has 0 spiro atoms. The molecule has 3 aromatic rings. The summed E-state index contributed by atoms with van der Waals surface area (Å²) in [6.07, 6.45) is -2.65. The van der Waals surface area contributed by atoms with Gasteiger partial charge in [0.25, 0.3) is 0 Å². The molecular formula is C15H12F3N3. The quantitative estimate of drug-likeness (QED) is 0.722. The molecule has 2 N–H and O–H groups in total. The molecule has 0 saturated heterocycles. The van der Waals surface area contributed by atoms with Gasteiger partial charge in [0.15, 0.2) is 0 Å². The van der Waals surface area contributed by atoms with Crippen LogP contribution in [0, 0.1) is 6.92 Å². The van der Waals surface area contributed by atoms with Crippen molar-refractivity contribution in [2.75, 3.05) is 5.32 Å². The number of anilines is 2. The number of aromatic amines is 1. The van der Waals surface area contributed by atoms with Crippen LogP contribution in [0.4, 0.5) is 24.7 Å². The second-order valence-corrected chi connectivity index (χ2v) is 4.82. The second-order valence-electron chi connectivity index (χ2n) is 4.82. The van der Waals surface area contributed by atoms with Crippen molar-refractivity contribution < 1.29 is 13.2 Å². The fourth-order valence-electron chi connectivity index (χ4n) is 2.15. The molecule has 0 radical (unpaired) electrons. The highest BCUT2D eigenvalue weighted by Gasteiger charge is 2.32. The van der Waals surface area contributed by atoms with Gasteiger partial charge in [0, 0.05) is 17.4 Å². The molecule has 0 fully saturated rings. The van der Waals surface area contributed by atoms with Gasteiger partial charge in [0.2, 0.25) is 0 Å². The third-order valence-corrected chi connectivity index (χ3v) is 3.09. The molecule has 0 unspecified atom stereocenters. The average Bonchev–Trinajstić information content (AvgIpc) is 2.84. The molecule has 3 nitrogen and oxygen atoms in total. The van der Waals surface area contributed by atoms with E-state index in [0.717, 1.165) is 17.0 Å². The van der Waals surface area contributed by atoms with Crippen LogP contribution in [0.1, 0.15) is 11.3 Å². The number of hydrogen-bond donors (Lipinski definition) is 2. The van der Waals surface area contributed by atoms with Crippen LogP contribution in [-0.4, -0.2) is 9.97 Å². The predicted molar refractivity (Wildman–Crippen MR) is 75.6 cm³/mol. The first-order valence-corrected chi connectivity index (χ1v) is 6.32. The smallest absolute Gasteiger partial charge is 0.361 e. The van der Waals surface area contributed by atoms with Gasteiger partial charge in [0.1, 0.15) is 11.5 Å². The molecule has 0 aliphatic carbocycles. The predicted octanol–water partition coefficient (Wildman–Crippen LogP) is 4.63. The van der Waals surface area contributed by atoms with Crippen molar-refractivity contribution in [2.45, 2.75) is 13.1 Å². The Morgan fingerprint density at radius 2 is 1.90 bits per heavy atom. The Labute approximate surface area is 118 Å². The summed E-state index contributed by atoms with van der Waals surface area (Å²) in [7, 11) is 0. The zero-order valence-corrected chi connectivity index (χ0v) is 11.1. The van der Waals surface area contributed by atoms with Gasteiger partial charge in [0.05, 0.1) is 0 Å². The van der Waals surface area contributed by atoms with Crippen molar-refractivity contribution in [3.05, 3.63) is 53.9 Å². The number of nitrogens with one attached hydrogen (secondary N) is 2. The first-order chi connectivity index (χ1) is 9.91. The zero-order valence-electron chi connectivity index (χ0n) is 11.1. The molecule has 2 heterocycles. The van der Waals surface area contributed by atoms with Crippen LogP contribution in [0.2, 0.25) is 0 Å². The number of hydrogen-bond acceptors (Lipinski definition) is 2. The monoisotopic (exact) mass is 291 g/mol. The van der Waals surface area contributed by atoms with Gasteiger partial charge in [-0.2, -0.15) is 13.2 Å². The summed E-state index contributed by atoms with van der Waals surface area (Å²) in [5, 5.41) is 3.94. The molecule has 0 aliphatic heterocycles. The van der Waals surface area contributed by atoms with Gasteiger partial charge in [-0.25, -0.2) is 4.98 Å². The Bertz CT molecular complexity index is 790. The molecule has 0 saturated carbocycles. The maximum absolute atomic E-state index is 12.8. The van der Waals surface area contributed by atoms with Crippen molar-refractivity contribution in [2.24, 2.45) is 0 Å². The van der Waals surface area contributed by atoms with Gasteiger partial charge < -0.3 is 10.3 Å². The van der Waals surface area contributed by atoms with E-state index in [2.05, 4.69) is 15.3 Å². The molecule has 0 atom stereocenters. The Hall–Kier alpha value is -2.50. The highest BCUT2D eigenvalue weighted by molar-refractivity contribution is 5.83. The molecule has 0 aliphatic rings. The van der Waals surface area contributed by atoms with E-state index in [1.54, 1.807) is 25.3 Å². The summed E-state index contributed by atoms with van der Waals surface area (Å²) in [5.41, 5.74) is 1.19. The van der Waals surface area contributed by atoms with Crippen molar-refractivity contribution >= 4 is 22.4 Å². The van der Waals surface area contributed by atoms with E-state index in [1.807, 2.05) is 18.2 Å². The Morgan fingerprint density at radius 3 is 2.67 bits per heavy atom. The molecule has 0 bridgehead atoms. The molecule has 21 heavy (non-hydrogen) atoms. The summed E-state index contributed by atoms with van der Waals surface area (Å²) in [5.74, 6) is 0.174. The van der Waals surface area contributed by atoms with Crippen LogP contribution in [0.15, 0.2) is 42.6 Å². The van der Waals surface area contributed by atoms with E-state index >= 15 is 0 Å². The molecule has 3 rings (SSSR count). The summed E-state index contributed by atoms with van der Waals surface area (Å²) in [6.45, 7) is 1.61. The van der Waals surface area contributed by atoms with E-state index < -0.39 is 11.9 Å². The SMILES string of the molecule is Cc1cc(Nc2ccc3cc[nH]c3c2)nc(C(F)(F)F)c1. The van der Waals surface area contributed by atoms with Crippen LogP contribution in [0.5, 0.6) is 0 Å². The van der Waals surface area contributed by atoms with Gasteiger partial charge >= 0.3 is 6.18 Å². The first-order valence-electron chi connectivity index (χ1n) is 6.32. The molecule has 1 aromatic carbocycles. The van der Waals surface area contributed by atoms with Gasteiger partial charge in [-0.3, -0.25) is 0 Å². The number of alkyl halides is 3. The Morgan fingerprint density at radius 1 is 1.10 bits per heavy atom. The lowest BCUT2D eigenvalue weighted by Crippen LogP contribution is -2.09. The lowest BCUT2D eigenvalue weighted by Gasteiger charge is -2.11. The van der Waals surface area contributed by atoms with Crippen LogP contribution in [-0.2, 0) is 6.18 Å². The van der Waals surface area contributed by atoms with Crippen LogP contribution < -0.4 is 5.32 Å². The molecular weight excluding hydrogens is 279 g/mol. The minimum atomic E-state index is -4.45. The summed E-state index contributed by atoms with van der Waals surface area (Å²) >= 11 is 0. The number of aromatic nitrogens is 2. The number of pyridine rings is 1. The van der Waals surface area contributed by atoms with E-state index in [0.29, 0.717) is 11.3 Å². The summed E-state index contributed by atoms with van der Waals surface area (Å²) in [4.78, 5) is 6.67. The highest BCUT2D eigenvalue weighted by Crippen LogP contribution is 2.30. The number of benzene rings is 1. The standard InChI is InChI=1S/C15H12F3N3/c1-9-6-13(15(16,17)18)21-14(7-9)20-11-3-2-10-4-5-19-12(10)8-11/h2-8,19H,1H3,(H,20,21). The number of fused-ring (bicyclic) bond motifs is 1. The van der Waals surface area contributed by atoms with E-state index in [4.69, 9.17) is 0 Å². The normalized spacial score (nSPS) is 11.8. The Kier molecular flexibility index (Phi) is 3.08. The number of H-pyrrole nitrogens is 1. The summed E-state index contributed by atoms with van der Waals surface area (Å²) < 4.78 is 38.3. The van der Waals surface area contributed by atoms with Crippen molar-refractivity contribution in [1.82, 2.24) is 9.97 Å². The fourth-order valence-corrected chi connectivity index (χ4v) is 2.15. The van der Waals surface area contributed by atoms with E-state index in [1.165, 1.54) is 0 Å². The fraction of sp³-hybridized carbons (Fsp3) is 0.133. The van der Waals surface area contributed by atoms with Gasteiger partial charge in [-0.1, -0.05) is 6.07 Å². The largest absolute Gasteiger partial charge is 0.433 e. The van der Waals surface area contributed by atoms with Crippen molar-refractivity contribution in [1.29, 1.82) is 0 Å². The third-order valence-electron chi connectivity index (χ3n) is 3.09. The van der Waals surface area contributed by atoms with Crippen LogP contribution in [0.25, 0.3) is 10.9 Å². The topological polar surface area (TPSA) is 40.7 Å². The molecule has 6 heteroatoms. The minimum Gasteiger partial charge on any atom is -0.361 e. The second kappa shape index (κ2) is 4.80. The van der Waals surface area contributed by atoms with E-state index in [9.17, 15) is 13.2 Å². The number of rotatable bonds is 2. The molecule has 2 aromatic heterocycles. The maximum Gasteiger partial charge on any atom is 0.433 e. The maximum atomic E-state index is 12.8. The third kappa shape index (κ3) is 2.84. The molecule has 0 amide bonds. The number of halogens is 3. The number of nitrogens with zero attached hydrogens (tertiary/aromatic N) is 1. The lowest BCUT2D eigenvalue weighted by molar-refractivity contribution is -0.141. The van der Waals surface area contributed by atoms with E-state index in [-0.39, 0.29) is 5.82 Å². The van der Waals surface area contributed by atoms with Crippen molar-refractivity contribution in [3.63, 3.8) is 0 Å². The van der Waals surface area contributed by atoms with Gasteiger partial charge in [-0.15, -0.1) is 0 Å². The average molecular weight is 291 g/mol. The highest BCUT2D eigenvalue weighted by atomic mass is 19.4. The summed E-state index contributed by atoms with van der Waals surface area (Å²) in [6, 6.07) is 10.0. The zero-order chi connectivity index (χ0) is 15.0. The van der Waals surface area contributed by atoms with Crippen molar-refractivity contribution in [3.8, 4) is 0 Å². The minimum absolute atomic E-state index is 0.174. The first kappa shape index (κ1) is 13.5. The lowest BCUT2D eigenvalue weighted by atomic mass is 10.2. The van der Waals surface area contributed by atoms with Crippen LogP contribution in [0.3, 0.4) is 0 Å². The van der Waals surface area contributed by atoms with Gasteiger partial charge in [-0.05, 0) is 48.2 Å².